The molecule has 1 saturated heterocycles. The van der Waals surface area contributed by atoms with Crippen LogP contribution in [0.4, 0.5) is 4.79 Å². The normalized spacial score (nSPS) is 18.6. The molecule has 9 heteroatoms. The Morgan fingerprint density at radius 1 is 1.20 bits per heavy atom. The summed E-state index contributed by atoms with van der Waals surface area (Å²) in [6.07, 6.45) is 0. The number of imide groups is 1. The van der Waals surface area contributed by atoms with Crippen LogP contribution in [0.3, 0.4) is 0 Å². The van der Waals surface area contributed by atoms with Crippen LogP contribution < -0.4 is 10.1 Å². The summed E-state index contributed by atoms with van der Waals surface area (Å²) in [5, 5.41) is 6.09. The van der Waals surface area contributed by atoms with Gasteiger partial charge in [-0.15, -0.1) is 11.3 Å². The molecular formula is C21H17Cl2N3O3S. The Balaban J connectivity index is 1.60. The van der Waals surface area contributed by atoms with E-state index in [1.165, 1.54) is 11.3 Å². The van der Waals surface area contributed by atoms with Gasteiger partial charge in [-0.1, -0.05) is 41.4 Å². The molecule has 1 fully saturated rings. The SMILES string of the molecule is COc1ccccc1-c1nc(CN2C(=O)NC(C)(c3ccc(Cl)cc3Cl)C2=O)cs1. The van der Waals surface area contributed by atoms with Crippen LogP contribution in [-0.4, -0.2) is 28.9 Å². The Morgan fingerprint density at radius 2 is 1.97 bits per heavy atom. The predicted molar refractivity (Wildman–Crippen MR) is 117 cm³/mol. The lowest BCUT2D eigenvalue weighted by molar-refractivity contribution is -0.131. The number of nitrogens with one attached hydrogen (secondary N) is 1. The Kier molecular flexibility index (Phi) is 5.44. The molecular weight excluding hydrogens is 445 g/mol. The smallest absolute Gasteiger partial charge is 0.325 e. The van der Waals surface area contributed by atoms with Crippen molar-refractivity contribution in [1.29, 1.82) is 0 Å². The van der Waals surface area contributed by atoms with E-state index in [1.807, 2.05) is 29.6 Å². The number of nitrogens with zero attached hydrogens (tertiary/aromatic N) is 2. The van der Waals surface area contributed by atoms with Crippen LogP contribution in [0.2, 0.25) is 10.0 Å². The number of para-hydroxylation sites is 1. The maximum absolute atomic E-state index is 13.2. The average molecular weight is 462 g/mol. The molecule has 0 aliphatic carbocycles. The molecule has 3 aromatic rings. The topological polar surface area (TPSA) is 71.5 Å². The summed E-state index contributed by atoms with van der Waals surface area (Å²) in [7, 11) is 1.60. The largest absolute Gasteiger partial charge is 0.496 e. The summed E-state index contributed by atoms with van der Waals surface area (Å²) in [5.41, 5.74) is 0.671. The van der Waals surface area contributed by atoms with Crippen molar-refractivity contribution in [2.45, 2.75) is 19.0 Å². The van der Waals surface area contributed by atoms with Crippen molar-refractivity contribution in [3.63, 3.8) is 0 Å². The van der Waals surface area contributed by atoms with Crippen molar-refractivity contribution in [2.75, 3.05) is 7.11 Å². The minimum atomic E-state index is -1.28. The molecule has 30 heavy (non-hydrogen) atoms. The molecule has 6 nitrogen and oxygen atoms in total. The fraction of sp³-hybridized carbons (Fsp3) is 0.190. The molecule has 4 rings (SSSR count). The Morgan fingerprint density at radius 3 is 2.70 bits per heavy atom. The highest BCUT2D eigenvalue weighted by Crippen LogP contribution is 2.36. The Labute approximate surface area is 187 Å². The number of carbonyl (C=O) groups is 2. The lowest BCUT2D eigenvalue weighted by atomic mass is 9.92. The molecule has 1 unspecified atom stereocenters. The van der Waals surface area contributed by atoms with Crippen LogP contribution in [-0.2, 0) is 16.9 Å². The zero-order chi connectivity index (χ0) is 21.5. The maximum Gasteiger partial charge on any atom is 0.325 e. The predicted octanol–water partition coefficient (Wildman–Crippen LogP) is 5.09. The second kappa shape index (κ2) is 7.91. The number of hydrogen-bond donors (Lipinski definition) is 1. The van der Waals surface area contributed by atoms with Gasteiger partial charge in [0.1, 0.15) is 16.3 Å². The summed E-state index contributed by atoms with van der Waals surface area (Å²) in [5.74, 6) is 0.307. The first-order valence-corrected chi connectivity index (χ1v) is 10.6. The van der Waals surface area contributed by atoms with E-state index in [2.05, 4.69) is 10.3 Å². The summed E-state index contributed by atoms with van der Waals surface area (Å²) in [4.78, 5) is 31.5. The van der Waals surface area contributed by atoms with Crippen molar-refractivity contribution < 1.29 is 14.3 Å². The Hall–Kier alpha value is -2.61. The second-order valence-corrected chi connectivity index (χ2v) is 8.62. The number of methoxy groups -OCH3 is 1. The number of amides is 3. The standard InChI is InChI=1S/C21H17Cl2N3O3S/c1-21(15-8-7-12(22)9-16(15)23)19(27)26(20(28)25-21)10-13-11-30-18(24-13)14-5-3-4-6-17(14)29-2/h3-9,11H,10H2,1-2H3,(H,25,28). The van der Waals surface area contributed by atoms with Gasteiger partial charge < -0.3 is 10.1 Å². The van der Waals surface area contributed by atoms with Gasteiger partial charge in [0, 0.05) is 21.0 Å². The number of hydrogen-bond acceptors (Lipinski definition) is 5. The zero-order valence-electron chi connectivity index (χ0n) is 16.1. The van der Waals surface area contributed by atoms with Gasteiger partial charge >= 0.3 is 6.03 Å². The molecule has 2 heterocycles. The first-order valence-electron chi connectivity index (χ1n) is 9.01. The zero-order valence-corrected chi connectivity index (χ0v) is 18.4. The quantitative estimate of drug-likeness (QED) is 0.536. The molecule has 1 aliphatic rings. The molecule has 1 atom stereocenters. The third-order valence-electron chi connectivity index (χ3n) is 4.95. The minimum Gasteiger partial charge on any atom is -0.496 e. The fourth-order valence-electron chi connectivity index (χ4n) is 3.40. The highest BCUT2D eigenvalue weighted by Gasteiger charge is 2.50. The van der Waals surface area contributed by atoms with Crippen molar-refractivity contribution >= 4 is 46.5 Å². The minimum absolute atomic E-state index is 0.0527. The van der Waals surface area contributed by atoms with E-state index in [-0.39, 0.29) is 6.54 Å². The summed E-state index contributed by atoms with van der Waals surface area (Å²) >= 11 is 13.7. The molecule has 154 valence electrons. The number of urea groups is 1. The molecule has 1 N–H and O–H groups in total. The highest BCUT2D eigenvalue weighted by molar-refractivity contribution is 7.13. The summed E-state index contributed by atoms with van der Waals surface area (Å²) < 4.78 is 5.39. The summed E-state index contributed by atoms with van der Waals surface area (Å²) in [6.45, 7) is 1.68. The highest BCUT2D eigenvalue weighted by atomic mass is 35.5. The number of benzene rings is 2. The van der Waals surface area contributed by atoms with Gasteiger partial charge in [0.2, 0.25) is 0 Å². The number of aromatic nitrogens is 1. The third-order valence-corrected chi connectivity index (χ3v) is 6.43. The molecule has 0 radical (unpaired) electrons. The monoisotopic (exact) mass is 461 g/mol. The van der Waals surface area contributed by atoms with Crippen LogP contribution in [0.15, 0.2) is 47.8 Å². The summed E-state index contributed by atoms with van der Waals surface area (Å²) in [6, 6.07) is 11.9. The first kappa shape index (κ1) is 20.7. The second-order valence-electron chi connectivity index (χ2n) is 6.91. The van der Waals surface area contributed by atoms with Crippen molar-refractivity contribution in [1.82, 2.24) is 15.2 Å². The number of thiazole rings is 1. The van der Waals surface area contributed by atoms with E-state index < -0.39 is 17.5 Å². The van der Waals surface area contributed by atoms with E-state index in [0.717, 1.165) is 15.5 Å². The average Bonchev–Trinajstić information content (AvgIpc) is 3.27. The molecule has 3 amide bonds. The molecule has 0 bridgehead atoms. The lowest BCUT2D eigenvalue weighted by Gasteiger charge is -2.23. The van der Waals surface area contributed by atoms with E-state index >= 15 is 0 Å². The van der Waals surface area contributed by atoms with Gasteiger partial charge in [0.15, 0.2) is 0 Å². The van der Waals surface area contributed by atoms with Crippen LogP contribution in [0.1, 0.15) is 18.2 Å². The van der Waals surface area contributed by atoms with Crippen molar-refractivity contribution in [3.05, 3.63) is 69.1 Å². The Bertz CT molecular complexity index is 1150. The molecule has 1 aromatic heterocycles. The number of carbonyl (C=O) groups excluding carboxylic acids is 2. The maximum atomic E-state index is 13.2. The third kappa shape index (κ3) is 3.53. The van der Waals surface area contributed by atoms with Gasteiger partial charge in [-0.05, 0) is 31.2 Å². The van der Waals surface area contributed by atoms with Gasteiger partial charge in [-0.25, -0.2) is 9.78 Å². The number of halogens is 2. The van der Waals surface area contributed by atoms with Gasteiger partial charge in [0.25, 0.3) is 5.91 Å². The van der Waals surface area contributed by atoms with E-state index in [1.54, 1.807) is 32.2 Å². The molecule has 2 aromatic carbocycles. The first-order chi connectivity index (χ1) is 14.3. The van der Waals surface area contributed by atoms with E-state index in [0.29, 0.717) is 27.1 Å². The van der Waals surface area contributed by atoms with Crippen LogP contribution in [0.5, 0.6) is 5.75 Å². The number of rotatable bonds is 5. The van der Waals surface area contributed by atoms with Gasteiger partial charge in [0.05, 0.1) is 24.9 Å². The van der Waals surface area contributed by atoms with E-state index in [4.69, 9.17) is 27.9 Å². The number of ether oxygens (including phenoxy) is 1. The van der Waals surface area contributed by atoms with Crippen LogP contribution in [0.25, 0.3) is 10.6 Å². The fourth-order valence-corrected chi connectivity index (χ4v) is 4.84. The van der Waals surface area contributed by atoms with E-state index in [9.17, 15) is 9.59 Å². The van der Waals surface area contributed by atoms with Crippen molar-refractivity contribution in [2.24, 2.45) is 0 Å². The van der Waals surface area contributed by atoms with Crippen LogP contribution >= 0.6 is 34.5 Å². The molecule has 1 aliphatic heterocycles. The van der Waals surface area contributed by atoms with Crippen LogP contribution in [0, 0.1) is 0 Å². The van der Waals surface area contributed by atoms with Crippen molar-refractivity contribution in [3.8, 4) is 16.3 Å². The molecule has 0 saturated carbocycles. The van der Waals surface area contributed by atoms with Gasteiger partial charge in [-0.3, -0.25) is 9.69 Å². The molecule has 0 spiro atoms. The van der Waals surface area contributed by atoms with Gasteiger partial charge in [-0.2, -0.15) is 0 Å². The lowest BCUT2D eigenvalue weighted by Crippen LogP contribution is -2.41.